The average molecular weight is 356 g/mol. The summed E-state index contributed by atoms with van der Waals surface area (Å²) in [5.41, 5.74) is 0. The van der Waals surface area contributed by atoms with Gasteiger partial charge in [0.05, 0.1) is 13.1 Å². The molecule has 25 heavy (non-hydrogen) atoms. The van der Waals surface area contributed by atoms with Gasteiger partial charge in [0.2, 0.25) is 11.8 Å². The van der Waals surface area contributed by atoms with E-state index in [-0.39, 0.29) is 30.9 Å². The highest BCUT2D eigenvalue weighted by Crippen LogP contribution is 2.08. The Morgan fingerprint density at radius 2 is 1.40 bits per heavy atom. The van der Waals surface area contributed by atoms with E-state index < -0.39 is 12.1 Å². The van der Waals surface area contributed by atoms with Crippen LogP contribution >= 0.6 is 0 Å². The van der Waals surface area contributed by atoms with Gasteiger partial charge in [0.15, 0.2) is 0 Å². The van der Waals surface area contributed by atoms with Crippen LogP contribution in [0.2, 0.25) is 0 Å². The standard InChI is InChI=1S/C15H28N6O4/c1-4-16-14(24)18-12(22)9-20-6-7-21(11(3)8-20)10-13(23)19-15(25)17-5-2/h11H,4-10H2,1-3H3,(H2,16,18,22,24)(H2,17,19,23,25)/t11-/m0/s1. The second kappa shape index (κ2) is 10.6. The molecule has 10 nitrogen and oxygen atoms in total. The molecular weight excluding hydrogens is 328 g/mol. The van der Waals surface area contributed by atoms with E-state index in [0.29, 0.717) is 32.7 Å². The van der Waals surface area contributed by atoms with Crippen molar-refractivity contribution in [1.29, 1.82) is 0 Å². The molecule has 0 saturated carbocycles. The van der Waals surface area contributed by atoms with E-state index in [2.05, 4.69) is 21.3 Å². The van der Waals surface area contributed by atoms with Crippen molar-refractivity contribution in [2.24, 2.45) is 0 Å². The number of hydrogen-bond acceptors (Lipinski definition) is 6. The first-order valence-electron chi connectivity index (χ1n) is 8.47. The van der Waals surface area contributed by atoms with Crippen LogP contribution in [-0.4, -0.2) is 85.5 Å². The van der Waals surface area contributed by atoms with E-state index in [1.54, 1.807) is 13.8 Å². The van der Waals surface area contributed by atoms with Gasteiger partial charge in [-0.15, -0.1) is 0 Å². The maximum Gasteiger partial charge on any atom is 0.321 e. The molecule has 0 aromatic rings. The van der Waals surface area contributed by atoms with E-state index in [9.17, 15) is 19.2 Å². The predicted octanol–water partition coefficient (Wildman–Crippen LogP) is -1.32. The molecule has 0 aromatic carbocycles. The molecule has 0 radical (unpaired) electrons. The largest absolute Gasteiger partial charge is 0.338 e. The number of rotatable bonds is 6. The zero-order chi connectivity index (χ0) is 18.8. The molecule has 0 aromatic heterocycles. The number of carbonyl (C=O) groups is 4. The van der Waals surface area contributed by atoms with Crippen LogP contribution in [0.4, 0.5) is 9.59 Å². The fourth-order valence-corrected chi connectivity index (χ4v) is 2.58. The fourth-order valence-electron chi connectivity index (χ4n) is 2.58. The van der Waals surface area contributed by atoms with Crippen molar-refractivity contribution in [2.45, 2.75) is 26.8 Å². The van der Waals surface area contributed by atoms with Crippen molar-refractivity contribution in [3.63, 3.8) is 0 Å². The van der Waals surface area contributed by atoms with Gasteiger partial charge in [-0.05, 0) is 20.8 Å². The molecule has 1 rings (SSSR count). The lowest BCUT2D eigenvalue weighted by molar-refractivity contribution is -0.124. The number of carbonyl (C=O) groups excluding carboxylic acids is 4. The van der Waals surface area contributed by atoms with Gasteiger partial charge < -0.3 is 10.6 Å². The zero-order valence-electron chi connectivity index (χ0n) is 15.1. The molecule has 1 aliphatic rings. The first kappa shape index (κ1) is 20.8. The summed E-state index contributed by atoms with van der Waals surface area (Å²) in [7, 11) is 0. The van der Waals surface area contributed by atoms with Gasteiger partial charge in [0, 0.05) is 38.8 Å². The number of urea groups is 2. The molecule has 0 spiro atoms. The molecule has 4 N–H and O–H groups in total. The molecule has 0 unspecified atom stereocenters. The van der Waals surface area contributed by atoms with Gasteiger partial charge in [-0.3, -0.25) is 30.0 Å². The van der Waals surface area contributed by atoms with Gasteiger partial charge in [0.1, 0.15) is 0 Å². The number of hydrogen-bond donors (Lipinski definition) is 4. The Morgan fingerprint density at radius 3 is 1.88 bits per heavy atom. The fraction of sp³-hybridized carbons (Fsp3) is 0.733. The molecule has 1 fully saturated rings. The topological polar surface area (TPSA) is 123 Å². The second-order valence-electron chi connectivity index (χ2n) is 5.87. The Balaban J connectivity index is 2.36. The molecule has 1 atom stereocenters. The highest BCUT2D eigenvalue weighted by Gasteiger charge is 2.26. The summed E-state index contributed by atoms with van der Waals surface area (Å²) in [6, 6.07) is -0.951. The lowest BCUT2D eigenvalue weighted by Gasteiger charge is -2.39. The van der Waals surface area contributed by atoms with Crippen molar-refractivity contribution in [3.05, 3.63) is 0 Å². The summed E-state index contributed by atoms with van der Waals surface area (Å²) in [5, 5.41) is 9.54. The highest BCUT2D eigenvalue weighted by atomic mass is 16.2. The molecular formula is C15H28N6O4. The monoisotopic (exact) mass is 356 g/mol. The Bertz CT molecular complexity index is 498. The van der Waals surface area contributed by atoms with Crippen LogP contribution in [-0.2, 0) is 9.59 Å². The maximum absolute atomic E-state index is 11.8. The summed E-state index contributed by atoms with van der Waals surface area (Å²) in [5.74, 6) is -0.721. The van der Waals surface area contributed by atoms with Crippen LogP contribution in [0.1, 0.15) is 20.8 Å². The molecule has 142 valence electrons. The Kier molecular flexibility index (Phi) is 8.86. The molecule has 1 aliphatic heterocycles. The van der Waals surface area contributed by atoms with Crippen molar-refractivity contribution < 1.29 is 19.2 Å². The minimum Gasteiger partial charge on any atom is -0.338 e. The van der Waals surface area contributed by atoms with E-state index in [0.717, 1.165) is 0 Å². The third kappa shape index (κ3) is 7.94. The van der Waals surface area contributed by atoms with E-state index >= 15 is 0 Å². The first-order valence-corrected chi connectivity index (χ1v) is 8.47. The highest BCUT2D eigenvalue weighted by molar-refractivity contribution is 5.95. The zero-order valence-corrected chi connectivity index (χ0v) is 15.1. The molecule has 0 bridgehead atoms. The minimum absolute atomic E-state index is 0.0472. The lowest BCUT2D eigenvalue weighted by Crippen LogP contribution is -2.56. The van der Waals surface area contributed by atoms with Crippen LogP contribution in [0.3, 0.4) is 0 Å². The van der Waals surface area contributed by atoms with Crippen molar-refractivity contribution >= 4 is 23.9 Å². The molecule has 1 saturated heterocycles. The number of nitrogens with one attached hydrogen (secondary N) is 4. The molecule has 6 amide bonds. The van der Waals surface area contributed by atoms with Crippen molar-refractivity contribution in [1.82, 2.24) is 31.1 Å². The Hall–Kier alpha value is -2.20. The van der Waals surface area contributed by atoms with Crippen LogP contribution in [0.5, 0.6) is 0 Å². The normalized spacial score (nSPS) is 18.3. The maximum atomic E-state index is 11.8. The van der Waals surface area contributed by atoms with Gasteiger partial charge in [-0.25, -0.2) is 9.59 Å². The average Bonchev–Trinajstić information content (AvgIpc) is 2.50. The Labute approximate surface area is 147 Å². The lowest BCUT2D eigenvalue weighted by atomic mass is 10.2. The van der Waals surface area contributed by atoms with Crippen LogP contribution < -0.4 is 21.3 Å². The van der Waals surface area contributed by atoms with Crippen LogP contribution in [0.15, 0.2) is 0 Å². The van der Waals surface area contributed by atoms with Gasteiger partial charge >= 0.3 is 12.1 Å². The van der Waals surface area contributed by atoms with E-state index in [4.69, 9.17) is 0 Å². The molecule has 0 aliphatic carbocycles. The number of piperazine rings is 1. The first-order chi connectivity index (χ1) is 11.8. The smallest absolute Gasteiger partial charge is 0.321 e. The number of imide groups is 2. The van der Waals surface area contributed by atoms with Gasteiger partial charge in [-0.2, -0.15) is 0 Å². The summed E-state index contributed by atoms with van der Waals surface area (Å²) >= 11 is 0. The second-order valence-corrected chi connectivity index (χ2v) is 5.87. The van der Waals surface area contributed by atoms with Gasteiger partial charge in [-0.1, -0.05) is 0 Å². The summed E-state index contributed by atoms with van der Waals surface area (Å²) in [6.45, 7) is 8.43. The predicted molar refractivity (Wildman–Crippen MR) is 91.9 cm³/mol. The van der Waals surface area contributed by atoms with Crippen molar-refractivity contribution in [2.75, 3.05) is 45.8 Å². The van der Waals surface area contributed by atoms with Crippen molar-refractivity contribution in [3.8, 4) is 0 Å². The third-order valence-electron chi connectivity index (χ3n) is 3.74. The quantitative estimate of drug-likeness (QED) is 0.468. The van der Waals surface area contributed by atoms with Gasteiger partial charge in [0.25, 0.3) is 0 Å². The number of nitrogens with zero attached hydrogens (tertiary/aromatic N) is 2. The molecule has 10 heteroatoms. The van der Waals surface area contributed by atoms with E-state index in [1.165, 1.54) is 0 Å². The summed E-state index contributed by atoms with van der Waals surface area (Å²) < 4.78 is 0. The third-order valence-corrected chi connectivity index (χ3v) is 3.74. The molecule has 1 heterocycles. The van der Waals surface area contributed by atoms with Crippen LogP contribution in [0.25, 0.3) is 0 Å². The summed E-state index contributed by atoms with van der Waals surface area (Å²) in [6.07, 6.45) is 0. The van der Waals surface area contributed by atoms with E-state index in [1.807, 2.05) is 16.7 Å². The van der Waals surface area contributed by atoms with Crippen LogP contribution in [0, 0.1) is 0 Å². The minimum atomic E-state index is -0.499. The SMILES string of the molecule is CCNC(=O)NC(=O)CN1CCN(CC(=O)NC(=O)NCC)[C@@H](C)C1. The number of amides is 6. The summed E-state index contributed by atoms with van der Waals surface area (Å²) in [4.78, 5) is 50.2. The Morgan fingerprint density at radius 1 is 0.880 bits per heavy atom.